The number of aliphatic hydroxyl groups is 1. The van der Waals surface area contributed by atoms with Gasteiger partial charge < -0.3 is 45.0 Å². The Morgan fingerprint density at radius 2 is 1.50 bits per heavy atom. The molecule has 0 bridgehead atoms. The number of aromatic hydroxyl groups is 3. The number of hydrogen-bond acceptors (Lipinski definition) is 10. The van der Waals surface area contributed by atoms with Gasteiger partial charge in [-0.3, -0.25) is 9.69 Å². The predicted molar refractivity (Wildman–Crippen MR) is 152 cm³/mol. The van der Waals surface area contributed by atoms with Crippen molar-refractivity contribution in [3.05, 3.63) is 83.4 Å². The van der Waals surface area contributed by atoms with Crippen molar-refractivity contribution in [2.45, 2.75) is 36.9 Å². The number of aliphatic carboxylic acids is 2. The van der Waals surface area contributed by atoms with E-state index >= 15 is 0 Å². The van der Waals surface area contributed by atoms with Crippen LogP contribution in [0, 0.1) is 0 Å². The summed E-state index contributed by atoms with van der Waals surface area (Å²) in [4.78, 5) is 42.2. The number of fused-ring (bicyclic) bond motifs is 1. The Kier molecular flexibility index (Phi) is 8.63. The maximum absolute atomic E-state index is 14.6. The quantitative estimate of drug-likeness (QED) is 0.192. The molecule has 13 heteroatoms. The summed E-state index contributed by atoms with van der Waals surface area (Å²) in [6.45, 7) is 1.97. The molecule has 0 aromatic heterocycles. The molecule has 0 saturated carbocycles. The molecule has 0 spiro atoms. The van der Waals surface area contributed by atoms with E-state index in [1.54, 1.807) is 24.3 Å². The Labute approximate surface area is 251 Å². The van der Waals surface area contributed by atoms with Crippen molar-refractivity contribution in [1.82, 2.24) is 9.80 Å². The summed E-state index contributed by atoms with van der Waals surface area (Å²) in [5.41, 5.74) is -0.854. The highest BCUT2D eigenvalue weighted by Crippen LogP contribution is 2.48. The summed E-state index contributed by atoms with van der Waals surface area (Å²) < 4.78 is 12.2. The molecule has 4 unspecified atom stereocenters. The molecule has 0 radical (unpaired) electrons. The van der Waals surface area contributed by atoms with Crippen molar-refractivity contribution in [1.29, 1.82) is 0 Å². The smallest absolute Gasteiger partial charge is 0.336 e. The van der Waals surface area contributed by atoms with Gasteiger partial charge in [-0.1, -0.05) is 48.5 Å². The minimum Gasteiger partial charge on any atom is -0.504 e. The van der Waals surface area contributed by atoms with Crippen molar-refractivity contribution in [3.8, 4) is 23.0 Å². The molecule has 1 saturated heterocycles. The van der Waals surface area contributed by atoms with Gasteiger partial charge in [-0.05, 0) is 29.3 Å². The highest BCUT2D eigenvalue weighted by atomic mass is 16.6. The van der Waals surface area contributed by atoms with Crippen molar-refractivity contribution in [2.75, 3.05) is 26.2 Å². The molecule has 2 heterocycles. The van der Waals surface area contributed by atoms with Crippen LogP contribution in [0.3, 0.4) is 0 Å². The van der Waals surface area contributed by atoms with E-state index in [1.165, 1.54) is 4.90 Å². The SMILES string of the molecule is O=C(O)C(O)C(OC1(C(=O)N2CCN(Cc3ccccc3)CC2)Cc2ccccc2OC1c1cc(O)c(O)c(O)c1)C(=O)O. The maximum atomic E-state index is 14.6. The molecule has 44 heavy (non-hydrogen) atoms. The second-order valence-electron chi connectivity index (χ2n) is 10.8. The van der Waals surface area contributed by atoms with Gasteiger partial charge >= 0.3 is 11.9 Å². The van der Waals surface area contributed by atoms with Crippen LogP contribution in [0.2, 0.25) is 0 Å². The van der Waals surface area contributed by atoms with Gasteiger partial charge in [0.25, 0.3) is 5.91 Å². The minimum absolute atomic E-state index is 0.0719. The molecule has 4 atom stereocenters. The van der Waals surface area contributed by atoms with Crippen LogP contribution < -0.4 is 4.74 Å². The van der Waals surface area contributed by atoms with E-state index in [-0.39, 0.29) is 30.8 Å². The number of ether oxygens (including phenoxy) is 2. The van der Waals surface area contributed by atoms with E-state index < -0.39 is 59.0 Å². The average Bonchev–Trinajstić information content (AvgIpc) is 3.01. The molecule has 3 aromatic rings. The van der Waals surface area contributed by atoms with E-state index in [0.717, 1.165) is 17.7 Å². The molecule has 0 aliphatic carbocycles. The lowest BCUT2D eigenvalue weighted by molar-refractivity contribution is -0.212. The van der Waals surface area contributed by atoms with E-state index in [2.05, 4.69) is 4.90 Å². The normalized spacial score (nSPS) is 21.5. The molecule has 13 nitrogen and oxygen atoms in total. The molecular weight excluding hydrogens is 576 g/mol. The van der Waals surface area contributed by atoms with Gasteiger partial charge in [0.15, 0.2) is 41.2 Å². The van der Waals surface area contributed by atoms with Gasteiger partial charge in [0.1, 0.15) is 5.75 Å². The fourth-order valence-corrected chi connectivity index (χ4v) is 5.64. The van der Waals surface area contributed by atoms with Crippen LogP contribution in [0.15, 0.2) is 66.7 Å². The summed E-state index contributed by atoms with van der Waals surface area (Å²) in [6, 6.07) is 18.4. The zero-order valence-electron chi connectivity index (χ0n) is 23.4. The third-order valence-electron chi connectivity index (χ3n) is 7.88. The number of hydrogen-bond donors (Lipinski definition) is 6. The third kappa shape index (κ3) is 5.97. The zero-order chi connectivity index (χ0) is 31.6. The Morgan fingerprint density at radius 1 is 0.886 bits per heavy atom. The Balaban J connectivity index is 1.58. The molecule has 3 aromatic carbocycles. The highest BCUT2D eigenvalue weighted by Gasteiger charge is 2.57. The molecule has 1 fully saturated rings. The fourth-order valence-electron chi connectivity index (χ4n) is 5.64. The number of phenols is 3. The summed E-state index contributed by atoms with van der Waals surface area (Å²) in [7, 11) is 0. The lowest BCUT2D eigenvalue weighted by atomic mass is 9.80. The average molecular weight is 609 g/mol. The lowest BCUT2D eigenvalue weighted by Crippen LogP contribution is -2.64. The maximum Gasteiger partial charge on any atom is 0.336 e. The third-order valence-corrected chi connectivity index (χ3v) is 7.88. The first-order valence-corrected chi connectivity index (χ1v) is 13.9. The van der Waals surface area contributed by atoms with E-state index in [4.69, 9.17) is 9.47 Å². The second-order valence-corrected chi connectivity index (χ2v) is 10.8. The predicted octanol–water partition coefficient (Wildman–Crippen LogP) is 1.48. The molecule has 2 aliphatic heterocycles. The molecule has 5 rings (SSSR count). The number of nitrogens with zero attached hydrogens (tertiary/aromatic N) is 2. The largest absolute Gasteiger partial charge is 0.504 e. The standard InChI is InChI=1S/C31H32N2O11/c34-21-14-20(15-22(35)24(21)36)27-31(16-19-8-4-5-9-23(19)43-27,44-26(29(40)41)25(37)28(38)39)30(42)33-12-10-32(11-13-33)17-18-6-2-1-3-7-18/h1-9,14-15,25-27,34-37H,10-13,16-17H2,(H,38,39)(H,40,41). The Bertz CT molecular complexity index is 1520. The number of para-hydroxylation sites is 1. The molecular formula is C31H32N2O11. The van der Waals surface area contributed by atoms with Gasteiger partial charge in [-0.2, -0.15) is 0 Å². The number of rotatable bonds is 9. The number of aliphatic hydroxyl groups excluding tert-OH is 1. The first-order valence-electron chi connectivity index (χ1n) is 13.9. The molecule has 232 valence electrons. The van der Waals surface area contributed by atoms with Gasteiger partial charge in [0, 0.05) is 44.7 Å². The minimum atomic E-state index is -2.56. The number of benzene rings is 3. The van der Waals surface area contributed by atoms with Crippen LogP contribution in [0.5, 0.6) is 23.0 Å². The Hall–Kier alpha value is -4.85. The number of piperazine rings is 1. The summed E-state index contributed by atoms with van der Waals surface area (Å²) >= 11 is 0. The topological polar surface area (TPSA) is 198 Å². The first kappa shape index (κ1) is 30.6. The number of carboxylic acids is 2. The molecule has 1 amide bonds. The van der Waals surface area contributed by atoms with Crippen LogP contribution in [-0.2, 0) is 32.1 Å². The van der Waals surface area contributed by atoms with Crippen molar-refractivity contribution >= 4 is 17.8 Å². The first-order chi connectivity index (χ1) is 21.0. The molecule has 6 N–H and O–H groups in total. The van der Waals surface area contributed by atoms with Gasteiger partial charge in [0.2, 0.25) is 0 Å². The van der Waals surface area contributed by atoms with Crippen LogP contribution in [0.4, 0.5) is 0 Å². The van der Waals surface area contributed by atoms with Crippen LogP contribution in [0.25, 0.3) is 0 Å². The van der Waals surface area contributed by atoms with Crippen molar-refractivity contribution in [3.63, 3.8) is 0 Å². The summed E-state index contributed by atoms with van der Waals surface area (Å²) in [5, 5.41) is 60.4. The number of phenolic OH excluding ortho intramolecular Hbond substituents is 3. The van der Waals surface area contributed by atoms with E-state index in [0.29, 0.717) is 25.2 Å². The number of amides is 1. The van der Waals surface area contributed by atoms with Crippen LogP contribution >= 0.6 is 0 Å². The fraction of sp³-hybridized carbons (Fsp3) is 0.323. The zero-order valence-corrected chi connectivity index (χ0v) is 23.4. The molecule has 2 aliphatic rings. The number of carboxylic acid groups (broad SMARTS) is 2. The summed E-state index contributed by atoms with van der Waals surface area (Å²) in [5.74, 6) is -6.52. The lowest BCUT2D eigenvalue weighted by Gasteiger charge is -2.47. The van der Waals surface area contributed by atoms with Crippen LogP contribution in [-0.4, -0.2) is 102 Å². The van der Waals surface area contributed by atoms with E-state index in [1.807, 2.05) is 30.3 Å². The Morgan fingerprint density at radius 3 is 2.11 bits per heavy atom. The van der Waals surface area contributed by atoms with Crippen molar-refractivity contribution < 1.29 is 54.5 Å². The van der Waals surface area contributed by atoms with Gasteiger partial charge in [-0.15, -0.1) is 0 Å². The van der Waals surface area contributed by atoms with E-state index in [9.17, 15) is 45.0 Å². The van der Waals surface area contributed by atoms with Crippen LogP contribution in [0.1, 0.15) is 22.8 Å². The van der Waals surface area contributed by atoms with Gasteiger partial charge in [0.05, 0.1) is 0 Å². The summed E-state index contributed by atoms with van der Waals surface area (Å²) in [6.07, 6.45) is -6.84. The van der Waals surface area contributed by atoms with Crippen molar-refractivity contribution in [2.24, 2.45) is 0 Å². The second kappa shape index (κ2) is 12.4. The highest BCUT2D eigenvalue weighted by molar-refractivity contribution is 5.89. The number of carbonyl (C=O) groups excluding carboxylic acids is 1. The number of carbonyl (C=O) groups is 3. The monoisotopic (exact) mass is 608 g/mol. The van der Waals surface area contributed by atoms with Gasteiger partial charge in [-0.25, -0.2) is 9.59 Å².